The summed E-state index contributed by atoms with van der Waals surface area (Å²) in [6.45, 7) is 17.2. The zero-order chi connectivity index (χ0) is 101. The van der Waals surface area contributed by atoms with Crippen LogP contribution in [-0.4, -0.2) is 176 Å². The van der Waals surface area contributed by atoms with Gasteiger partial charge in [0.1, 0.15) is 41.9 Å². The lowest BCUT2D eigenvalue weighted by Gasteiger charge is -2.31. The van der Waals surface area contributed by atoms with Crippen LogP contribution in [0.25, 0.3) is 50.2 Å². The average Bonchev–Trinajstić information content (AvgIpc) is 1.64. The van der Waals surface area contributed by atoms with E-state index in [1.54, 1.807) is 113 Å². The molecule has 4 fully saturated rings. The summed E-state index contributed by atoms with van der Waals surface area (Å²) in [5, 5.41) is 33.4. The van der Waals surface area contributed by atoms with Crippen molar-refractivity contribution in [1.29, 1.82) is 0 Å². The van der Waals surface area contributed by atoms with Gasteiger partial charge >= 0.3 is 24.1 Å². The summed E-state index contributed by atoms with van der Waals surface area (Å²) in [5.74, 6) is 10.3. The summed E-state index contributed by atoms with van der Waals surface area (Å²) in [6, 6.07) is 51.1. The van der Waals surface area contributed by atoms with Crippen LogP contribution in [0.1, 0.15) is 133 Å². The Bertz CT molecular complexity index is 7470. The van der Waals surface area contributed by atoms with Gasteiger partial charge in [-0.2, -0.15) is 15.3 Å². The first kappa shape index (κ1) is 95.5. The van der Waals surface area contributed by atoms with Crippen molar-refractivity contribution in [1.82, 2.24) is 101 Å². The molecule has 0 saturated carbocycles. The van der Waals surface area contributed by atoms with E-state index in [9.17, 15) is 61.9 Å². The molecule has 16 amide bonds. The van der Waals surface area contributed by atoms with E-state index in [0.717, 1.165) is 85.6 Å². The summed E-state index contributed by atoms with van der Waals surface area (Å²) in [7, 11) is 3.38. The Morgan fingerprint density at radius 1 is 0.378 bits per heavy atom. The van der Waals surface area contributed by atoms with Gasteiger partial charge in [-0.15, -0.1) is 11.8 Å². The number of halogens is 1. The van der Waals surface area contributed by atoms with Crippen LogP contribution in [0.5, 0.6) is 17.2 Å². The highest BCUT2D eigenvalue weighted by Gasteiger charge is 2.55. The minimum atomic E-state index is -1.46. The topological polar surface area (TPSA) is 412 Å². The van der Waals surface area contributed by atoms with E-state index in [2.05, 4.69) is 114 Å². The fourth-order valence-corrected chi connectivity index (χ4v) is 18.9. The molecule has 4 saturated heterocycles. The molecule has 13 heterocycles. The van der Waals surface area contributed by atoms with E-state index in [-0.39, 0.29) is 75.1 Å². The zero-order valence-electron chi connectivity index (χ0n) is 79.4. The number of hydrogen-bond acceptors (Lipinski definition) is 19. The van der Waals surface area contributed by atoms with Gasteiger partial charge in [0.05, 0.1) is 57.6 Å². The number of nitrogens with one attached hydrogen (secondary N) is 8. The largest absolute Gasteiger partial charge is 0.497 e. The standard InChI is InChI=1S/C29H29N5O4.C26H20FN5O3.C26H27N5O4.C26H23N5O4/c1-4-5-12-38-24-11-8-21-16-33(26(35)25(21)13-24)18-29(27(36)31-28(37)32-29)23-9-6-20(7-10-23)22-14-30-34(17-22)15-19(2)3;1-15-11-31-12-17(5-9-22(31)28-15)16-2-6-19(7-3-16)26(24(34)29-25(35)30-26)14-32-13-18-4-8-20(27)10-21(18)23(32)33;1-16(2)12-31-14-19(11-27-31)17-4-7-20(8-5-17)26(24(33)28-25(34)29-26)15-30-13-18-6-9-21(35-3)10-22(18)23(30)32;1-3-4-11-35-21-10-7-18-15-31(23(32)22(18)12-21)16-26(24(33)28-25(34)29-26)20-8-5-17(6-9-20)19-13-27-30(2)14-19/h6-11,13-14,17,19H,12,15-16,18H2,1-3H3,(H2,31,32,36,37);2-12H,13-14H2,1H3,(H2,29,30,34,35);4-11,14,16H,12-13,15H2,1-3H3,(H2,28,29,33,34);5-10,12-14H,11,15-16H2,1-2H3,(H2,28,29,33,34)/t29-;3*26-/m0000/s1. The van der Waals surface area contributed by atoms with Crippen LogP contribution in [0.3, 0.4) is 0 Å². The molecule has 36 heteroatoms. The highest BCUT2D eigenvalue weighted by atomic mass is 19.1. The van der Waals surface area contributed by atoms with Gasteiger partial charge in [0.2, 0.25) is 0 Å². The number of pyridine rings is 1. The molecule has 21 rings (SSSR count). The molecule has 5 aromatic heterocycles. The normalized spacial score (nSPS) is 18.8. The molecule has 4 atom stereocenters. The van der Waals surface area contributed by atoms with E-state index in [1.165, 1.54) is 17.0 Å². The van der Waals surface area contributed by atoms with Gasteiger partial charge in [0.25, 0.3) is 47.3 Å². The van der Waals surface area contributed by atoms with Crippen molar-refractivity contribution in [2.24, 2.45) is 18.9 Å². The number of aromatic nitrogens is 8. The fraction of sp³-hybridized carbons (Fsp3) is 0.252. The lowest BCUT2D eigenvalue weighted by molar-refractivity contribution is -0.125. The van der Waals surface area contributed by atoms with Crippen LogP contribution >= 0.6 is 0 Å². The second-order valence-electron chi connectivity index (χ2n) is 36.8. The van der Waals surface area contributed by atoms with Crippen LogP contribution in [0.15, 0.2) is 232 Å². The Morgan fingerprint density at radius 2 is 0.699 bits per heavy atom. The first-order valence-electron chi connectivity index (χ1n) is 46.2. The van der Waals surface area contributed by atoms with Gasteiger partial charge in [-0.3, -0.25) is 73.7 Å². The number of methoxy groups -OCH3 is 1. The fourth-order valence-electron chi connectivity index (χ4n) is 18.9. The third-order valence-corrected chi connectivity index (χ3v) is 26.0. The Morgan fingerprint density at radius 3 is 1.03 bits per heavy atom. The Kier molecular flexibility index (Phi) is 26.2. The molecule has 35 nitrogen and oxygen atoms in total. The number of benzene rings is 8. The number of carbonyl (C=O) groups excluding carboxylic acids is 12. The first-order chi connectivity index (χ1) is 68.8. The predicted octanol–water partition coefficient (Wildman–Crippen LogP) is 11.5. The summed E-state index contributed by atoms with van der Waals surface area (Å²) < 4.78 is 37.6. The number of fused-ring (bicyclic) bond motifs is 5. The van der Waals surface area contributed by atoms with E-state index < -0.39 is 75.7 Å². The molecule has 8 aliphatic rings. The summed E-state index contributed by atoms with van der Waals surface area (Å²) in [4.78, 5) is 164. The lowest BCUT2D eigenvalue weighted by Crippen LogP contribution is -2.52. The highest BCUT2D eigenvalue weighted by Crippen LogP contribution is 2.41. The first-order valence-corrected chi connectivity index (χ1v) is 46.2. The average molecular weight is 1920 g/mol. The molecule has 0 unspecified atom stereocenters. The molecule has 0 aliphatic carbocycles. The number of imide groups is 4. The minimum absolute atomic E-state index is 0.00602. The van der Waals surface area contributed by atoms with Crippen molar-refractivity contribution in [2.45, 2.75) is 110 Å². The van der Waals surface area contributed by atoms with Crippen molar-refractivity contribution in [3.8, 4) is 85.4 Å². The van der Waals surface area contributed by atoms with Gasteiger partial charge in [-0.1, -0.05) is 161 Å². The van der Waals surface area contributed by atoms with Crippen LogP contribution in [-0.2, 0) is 87.7 Å². The predicted molar refractivity (Wildman–Crippen MR) is 522 cm³/mol. The number of carbonyl (C=O) groups is 12. The van der Waals surface area contributed by atoms with Crippen molar-refractivity contribution >= 4 is 77.0 Å². The quantitative estimate of drug-likeness (QED) is 0.0195. The van der Waals surface area contributed by atoms with Crippen molar-refractivity contribution < 1.29 is 76.1 Å². The molecule has 13 aromatic rings. The number of rotatable bonds is 25. The van der Waals surface area contributed by atoms with Crippen LogP contribution < -0.4 is 56.7 Å². The van der Waals surface area contributed by atoms with E-state index >= 15 is 0 Å². The number of ether oxygens (including phenoxy) is 3. The highest BCUT2D eigenvalue weighted by molar-refractivity contribution is 6.12. The molecule has 8 aliphatic heterocycles. The van der Waals surface area contributed by atoms with Gasteiger partial charge < -0.3 is 59.5 Å². The number of amides is 16. The van der Waals surface area contributed by atoms with E-state index in [4.69, 9.17) is 14.2 Å². The Labute approximate surface area is 820 Å². The molecule has 0 radical (unpaired) electrons. The van der Waals surface area contributed by atoms with Crippen LogP contribution in [0.2, 0.25) is 0 Å². The third kappa shape index (κ3) is 19.3. The number of urea groups is 4. The zero-order valence-corrected chi connectivity index (χ0v) is 79.4. The number of nitrogens with zero attached hydrogens (tertiary/aromatic N) is 12. The van der Waals surface area contributed by atoms with Gasteiger partial charge in [-0.25, -0.2) is 28.6 Å². The van der Waals surface area contributed by atoms with Crippen LogP contribution in [0, 0.1) is 48.3 Å². The number of hydrogen-bond donors (Lipinski definition) is 8. The SMILES string of the molecule is CC#CCOc1ccc2c(c1)C(=O)N(C[C@@]1(c3ccc(-c4cnn(C)c4)cc3)NC(=O)NC1=O)C2.CC#CCOc1ccc2c(c1)C(=O)N(C[C@@]1(c3ccc(-c4cnn(CC(C)C)c4)cc3)NC(=O)NC1=O)C2.COc1ccc2c(c1)C(=O)N(C[C@@]1(c3ccc(-c4cnn(CC(C)C)c4)cc3)NC(=O)NC1=O)C2.Cc1cn2cc(-c3ccc([C@]4(CN5Cc6ccc(F)cc6C5=O)NC(=O)NC4=O)cc3)ccc2n1. The molecule has 143 heavy (non-hydrogen) atoms. The Balaban J connectivity index is 0.000000126. The van der Waals surface area contributed by atoms with Crippen molar-refractivity contribution in [2.75, 3.05) is 46.5 Å². The monoisotopic (exact) mass is 1920 g/mol. The maximum Gasteiger partial charge on any atom is 0.322 e. The van der Waals surface area contributed by atoms with Gasteiger partial charge in [0, 0.05) is 116 Å². The molecule has 0 bridgehead atoms. The Hall–Kier alpha value is -17.8. The summed E-state index contributed by atoms with van der Waals surface area (Å²) in [5.41, 5.74) is 11.0. The molecule has 8 N–H and O–H groups in total. The molecular formula is C107H99FN20O15. The molecular weight excluding hydrogens is 1820 g/mol. The van der Waals surface area contributed by atoms with E-state index in [1.807, 2.05) is 174 Å². The lowest BCUT2D eigenvalue weighted by atomic mass is 9.88. The number of aryl methyl sites for hydroxylation is 2. The smallest absolute Gasteiger partial charge is 0.322 e. The minimum Gasteiger partial charge on any atom is -0.497 e. The molecule has 8 aromatic carbocycles. The maximum atomic E-state index is 13.7. The second-order valence-corrected chi connectivity index (χ2v) is 36.8. The van der Waals surface area contributed by atoms with Crippen LogP contribution in [0.4, 0.5) is 23.6 Å². The summed E-state index contributed by atoms with van der Waals surface area (Å²) >= 11 is 0. The second kappa shape index (κ2) is 39.2. The van der Waals surface area contributed by atoms with Crippen molar-refractivity contribution in [3.63, 3.8) is 0 Å². The third-order valence-electron chi connectivity index (χ3n) is 26.0. The van der Waals surface area contributed by atoms with Gasteiger partial charge in [-0.05, 0) is 166 Å². The maximum absolute atomic E-state index is 13.7. The summed E-state index contributed by atoms with van der Waals surface area (Å²) in [6.07, 6.45) is 15.2. The molecule has 724 valence electrons. The number of imidazole rings is 1. The van der Waals surface area contributed by atoms with Gasteiger partial charge in [0.15, 0.2) is 22.2 Å². The molecule has 0 spiro atoms. The van der Waals surface area contributed by atoms with Crippen molar-refractivity contribution in [3.05, 3.63) is 310 Å². The van der Waals surface area contributed by atoms with E-state index in [0.29, 0.717) is 93.2 Å².